The molecular weight excluding hydrogens is 292 g/mol. The Morgan fingerprint density at radius 1 is 1.25 bits per heavy atom. The van der Waals surface area contributed by atoms with Gasteiger partial charge in [-0.1, -0.05) is 24.3 Å². The minimum atomic E-state index is -3.00. The lowest BCUT2D eigenvalue weighted by Crippen LogP contribution is -2.37. The van der Waals surface area contributed by atoms with Crippen molar-refractivity contribution in [2.75, 3.05) is 23.0 Å². The van der Waals surface area contributed by atoms with Gasteiger partial charge in [-0.15, -0.1) is 6.58 Å². The molecule has 0 bridgehead atoms. The van der Waals surface area contributed by atoms with Gasteiger partial charge in [-0.05, 0) is 24.4 Å². The van der Waals surface area contributed by atoms with Crippen molar-refractivity contribution < 1.29 is 8.42 Å². The highest BCUT2D eigenvalue weighted by atomic mass is 32.2. The van der Waals surface area contributed by atoms with E-state index in [9.17, 15) is 8.42 Å². The van der Waals surface area contributed by atoms with Crippen LogP contribution in [0.2, 0.25) is 0 Å². The summed E-state index contributed by atoms with van der Waals surface area (Å²) in [5, 5.41) is 0.695. The van der Waals surface area contributed by atoms with E-state index in [-0.39, 0.29) is 23.6 Å². The van der Waals surface area contributed by atoms with E-state index in [0.29, 0.717) is 11.7 Å². The second-order valence-electron chi connectivity index (χ2n) is 5.14. The molecule has 2 fully saturated rings. The number of anilines is 1. The van der Waals surface area contributed by atoms with Crippen LogP contribution in [0.4, 0.5) is 5.69 Å². The Morgan fingerprint density at radius 2 is 1.90 bits per heavy atom. The van der Waals surface area contributed by atoms with Crippen LogP contribution in [0.5, 0.6) is 0 Å². The van der Waals surface area contributed by atoms with Crippen LogP contribution in [0.3, 0.4) is 0 Å². The summed E-state index contributed by atoms with van der Waals surface area (Å²) in [5.74, 6) is 0.343. The van der Waals surface area contributed by atoms with E-state index in [4.69, 9.17) is 12.2 Å². The Hall–Kier alpha value is -1.40. The number of sulfone groups is 1. The quantitative estimate of drug-likeness (QED) is 0.624. The summed E-state index contributed by atoms with van der Waals surface area (Å²) in [4.78, 5) is 3.96. The number of benzene rings is 1. The summed E-state index contributed by atoms with van der Waals surface area (Å²) in [6.45, 7) is 4.32. The van der Waals surface area contributed by atoms with Gasteiger partial charge in [-0.25, -0.2) is 8.42 Å². The smallest absolute Gasteiger partial charge is 0.177 e. The second-order valence-corrected chi connectivity index (χ2v) is 7.66. The highest BCUT2D eigenvalue weighted by molar-refractivity contribution is 7.91. The number of rotatable bonds is 3. The minimum Gasteiger partial charge on any atom is -0.339 e. The van der Waals surface area contributed by atoms with Crippen LogP contribution in [0.15, 0.2) is 43.0 Å². The number of thiocarbonyl (C=S) groups is 1. The van der Waals surface area contributed by atoms with E-state index in [1.54, 1.807) is 6.08 Å². The molecule has 0 spiro atoms. The van der Waals surface area contributed by atoms with Gasteiger partial charge in [0.2, 0.25) is 0 Å². The highest BCUT2D eigenvalue weighted by Crippen LogP contribution is 2.34. The van der Waals surface area contributed by atoms with E-state index < -0.39 is 9.84 Å². The van der Waals surface area contributed by atoms with Gasteiger partial charge >= 0.3 is 0 Å². The SMILES string of the molecule is C=CCN1C(=S)N(c2ccccc2)[C@H]2CS(=O)(=O)C[C@@H]21. The molecule has 0 amide bonds. The first-order valence-corrected chi connectivity index (χ1v) is 8.72. The second kappa shape index (κ2) is 4.86. The fourth-order valence-electron chi connectivity index (χ4n) is 3.02. The van der Waals surface area contributed by atoms with Gasteiger partial charge in [0.1, 0.15) is 0 Å². The first kappa shape index (κ1) is 13.6. The maximum atomic E-state index is 12.0. The van der Waals surface area contributed by atoms with Gasteiger partial charge in [0.25, 0.3) is 0 Å². The lowest BCUT2D eigenvalue weighted by atomic mass is 10.1. The zero-order valence-electron chi connectivity index (χ0n) is 11.0. The molecule has 3 rings (SSSR count). The molecule has 0 aromatic heterocycles. The summed E-state index contributed by atoms with van der Waals surface area (Å²) in [6.07, 6.45) is 1.77. The molecule has 1 aromatic carbocycles. The average molecular weight is 308 g/mol. The molecule has 0 radical (unpaired) electrons. The molecule has 106 valence electrons. The van der Waals surface area contributed by atoms with Crippen LogP contribution in [-0.4, -0.2) is 48.6 Å². The van der Waals surface area contributed by atoms with Crippen molar-refractivity contribution in [2.24, 2.45) is 0 Å². The van der Waals surface area contributed by atoms with E-state index in [0.717, 1.165) is 5.69 Å². The van der Waals surface area contributed by atoms with Gasteiger partial charge in [0.05, 0.1) is 23.6 Å². The first-order valence-electron chi connectivity index (χ1n) is 6.50. The lowest BCUT2D eigenvalue weighted by Gasteiger charge is -2.24. The zero-order valence-corrected chi connectivity index (χ0v) is 12.6. The predicted octanol–water partition coefficient (Wildman–Crippen LogP) is 1.45. The van der Waals surface area contributed by atoms with Crippen molar-refractivity contribution in [2.45, 2.75) is 12.1 Å². The molecule has 4 nitrogen and oxygen atoms in total. The lowest BCUT2D eigenvalue weighted by molar-refractivity contribution is 0.389. The molecule has 0 saturated carbocycles. The standard InChI is InChI=1S/C14H16N2O2S2/c1-2-8-15-12-9-20(17,18)10-13(12)16(14(15)19)11-6-4-3-5-7-11/h2-7,12-13H,1,8-10H2/t12-,13-/m0/s1. The van der Waals surface area contributed by atoms with Crippen molar-refractivity contribution in [1.82, 2.24) is 4.90 Å². The molecule has 20 heavy (non-hydrogen) atoms. The molecule has 1 aromatic rings. The molecule has 2 aliphatic rings. The molecule has 6 heteroatoms. The summed E-state index contributed by atoms with van der Waals surface area (Å²) in [6, 6.07) is 9.59. The maximum absolute atomic E-state index is 12.0. The Balaban J connectivity index is 2.02. The number of hydrogen-bond donors (Lipinski definition) is 0. The van der Waals surface area contributed by atoms with E-state index >= 15 is 0 Å². The molecule has 0 aliphatic carbocycles. The Labute approximate surface area is 124 Å². The fraction of sp³-hybridized carbons (Fsp3) is 0.357. The van der Waals surface area contributed by atoms with Crippen molar-refractivity contribution in [3.8, 4) is 0 Å². The minimum absolute atomic E-state index is 0.0642. The van der Waals surface area contributed by atoms with Crippen molar-refractivity contribution in [3.05, 3.63) is 43.0 Å². The molecule has 0 N–H and O–H groups in total. The van der Waals surface area contributed by atoms with E-state index in [2.05, 4.69) is 6.58 Å². The predicted molar refractivity (Wildman–Crippen MR) is 84.7 cm³/mol. The van der Waals surface area contributed by atoms with Gasteiger partial charge < -0.3 is 9.80 Å². The van der Waals surface area contributed by atoms with Crippen molar-refractivity contribution >= 4 is 32.9 Å². The maximum Gasteiger partial charge on any atom is 0.177 e. The molecule has 2 atom stereocenters. The van der Waals surface area contributed by atoms with Crippen LogP contribution in [-0.2, 0) is 9.84 Å². The topological polar surface area (TPSA) is 40.6 Å². The highest BCUT2D eigenvalue weighted by Gasteiger charge is 2.51. The Bertz CT molecular complexity index is 642. The monoisotopic (exact) mass is 308 g/mol. The number of hydrogen-bond acceptors (Lipinski definition) is 3. The van der Waals surface area contributed by atoms with Crippen LogP contribution in [0, 0.1) is 0 Å². The summed E-state index contributed by atoms with van der Waals surface area (Å²) >= 11 is 5.55. The molecule has 2 aliphatic heterocycles. The van der Waals surface area contributed by atoms with Crippen molar-refractivity contribution in [3.63, 3.8) is 0 Å². The summed E-state index contributed by atoms with van der Waals surface area (Å²) < 4.78 is 23.9. The number of para-hydroxylation sites is 1. The third kappa shape index (κ3) is 2.13. The largest absolute Gasteiger partial charge is 0.339 e. The molecule has 2 saturated heterocycles. The van der Waals surface area contributed by atoms with E-state index in [1.807, 2.05) is 40.1 Å². The molecule has 2 heterocycles. The van der Waals surface area contributed by atoms with E-state index in [1.165, 1.54) is 0 Å². The zero-order chi connectivity index (χ0) is 14.3. The van der Waals surface area contributed by atoms with Crippen LogP contribution in [0.25, 0.3) is 0 Å². The van der Waals surface area contributed by atoms with Gasteiger partial charge in [-0.3, -0.25) is 0 Å². The summed E-state index contributed by atoms with van der Waals surface area (Å²) in [5.41, 5.74) is 0.955. The third-order valence-corrected chi connectivity index (χ3v) is 5.97. The number of fused-ring (bicyclic) bond motifs is 1. The van der Waals surface area contributed by atoms with Crippen LogP contribution in [0.1, 0.15) is 0 Å². The molecular formula is C14H16N2O2S2. The van der Waals surface area contributed by atoms with Crippen LogP contribution < -0.4 is 4.90 Å². The Kier molecular flexibility index (Phi) is 3.30. The normalized spacial score (nSPS) is 27.7. The van der Waals surface area contributed by atoms with Crippen LogP contribution >= 0.6 is 12.2 Å². The third-order valence-electron chi connectivity index (χ3n) is 3.84. The average Bonchev–Trinajstić information content (AvgIpc) is 2.83. The van der Waals surface area contributed by atoms with Gasteiger partial charge in [-0.2, -0.15) is 0 Å². The molecule has 0 unspecified atom stereocenters. The summed E-state index contributed by atoms with van der Waals surface area (Å²) in [7, 11) is -3.00. The Morgan fingerprint density at radius 3 is 2.55 bits per heavy atom. The van der Waals surface area contributed by atoms with Gasteiger partial charge in [0.15, 0.2) is 14.9 Å². The van der Waals surface area contributed by atoms with Crippen molar-refractivity contribution in [1.29, 1.82) is 0 Å². The number of nitrogens with zero attached hydrogens (tertiary/aromatic N) is 2. The fourth-order valence-corrected chi connectivity index (χ4v) is 5.42. The van der Waals surface area contributed by atoms with Gasteiger partial charge in [0, 0.05) is 12.2 Å². The first-order chi connectivity index (χ1) is 9.53.